The zero-order valence-corrected chi connectivity index (χ0v) is 25.0. The van der Waals surface area contributed by atoms with Crippen LogP contribution in [0.2, 0.25) is 0 Å². The van der Waals surface area contributed by atoms with Gasteiger partial charge in [0, 0.05) is 31.7 Å². The lowest BCUT2D eigenvalue weighted by Crippen LogP contribution is -2.45. The molecule has 41 heavy (non-hydrogen) atoms. The number of carbonyl (C=O) groups is 2. The Kier molecular flexibility index (Phi) is 8.68. The number of primary amides is 1. The van der Waals surface area contributed by atoms with Crippen LogP contribution < -0.4 is 25.6 Å². The molecular weight excluding hydrogens is 518 g/mol. The molecule has 1 saturated heterocycles. The van der Waals surface area contributed by atoms with Crippen molar-refractivity contribution in [2.45, 2.75) is 71.3 Å². The van der Waals surface area contributed by atoms with E-state index in [-0.39, 0.29) is 5.91 Å². The number of rotatable bonds is 7. The highest BCUT2D eigenvalue weighted by atomic mass is 16.5. The number of nitrogens with zero attached hydrogens (tertiary/aromatic N) is 5. The van der Waals surface area contributed by atoms with Crippen LogP contribution in [0.5, 0.6) is 5.75 Å². The first kappa shape index (κ1) is 29.1. The molecule has 3 N–H and O–H groups in total. The summed E-state index contributed by atoms with van der Waals surface area (Å²) in [4.78, 5) is 40.5. The Balaban J connectivity index is 0.000000315. The third-order valence-electron chi connectivity index (χ3n) is 8.74. The second-order valence-corrected chi connectivity index (χ2v) is 12.6. The van der Waals surface area contributed by atoms with E-state index >= 15 is 0 Å². The summed E-state index contributed by atoms with van der Waals surface area (Å²) in [7, 11) is 3.30. The first-order valence-electron chi connectivity index (χ1n) is 15.1. The van der Waals surface area contributed by atoms with Crippen molar-refractivity contribution in [3.8, 4) is 5.75 Å². The number of anilines is 4. The fourth-order valence-corrected chi connectivity index (χ4v) is 6.22. The molecule has 222 valence electrons. The van der Waals surface area contributed by atoms with Crippen molar-refractivity contribution >= 4 is 35.0 Å². The molecule has 2 aliphatic carbocycles. The number of nitrogens with two attached hydrogens (primary N) is 1. The van der Waals surface area contributed by atoms with Gasteiger partial charge in [-0.1, -0.05) is 12.8 Å². The predicted octanol–water partition coefficient (Wildman–Crippen LogP) is 4.57. The van der Waals surface area contributed by atoms with Crippen LogP contribution in [-0.2, 0) is 4.79 Å². The van der Waals surface area contributed by atoms with Gasteiger partial charge in [0.2, 0.25) is 17.8 Å². The van der Waals surface area contributed by atoms with Crippen molar-refractivity contribution in [1.82, 2.24) is 14.9 Å². The van der Waals surface area contributed by atoms with Crippen LogP contribution in [0.4, 0.5) is 23.1 Å². The number of fused-ring (bicyclic) bond motifs is 1. The zero-order valence-electron chi connectivity index (χ0n) is 25.0. The lowest BCUT2D eigenvalue weighted by Gasteiger charge is -2.34. The molecule has 3 heterocycles. The Bertz CT molecular complexity index is 1250. The summed E-state index contributed by atoms with van der Waals surface area (Å²) < 4.78 is 5.41. The Morgan fingerprint density at radius 2 is 1.83 bits per heavy atom. The van der Waals surface area contributed by atoms with E-state index in [4.69, 9.17) is 15.5 Å². The summed E-state index contributed by atoms with van der Waals surface area (Å²) in [6.07, 6.45) is 12.1. The van der Waals surface area contributed by atoms with Crippen molar-refractivity contribution in [2.24, 2.45) is 17.1 Å². The Morgan fingerprint density at radius 3 is 2.46 bits per heavy atom. The fraction of sp³-hybridized carbons (Fsp3) is 0.613. The first-order valence-corrected chi connectivity index (χ1v) is 15.1. The molecule has 0 radical (unpaired) electrons. The zero-order chi connectivity index (χ0) is 29.1. The van der Waals surface area contributed by atoms with E-state index in [0.29, 0.717) is 41.2 Å². The maximum absolute atomic E-state index is 13.1. The van der Waals surface area contributed by atoms with E-state index in [2.05, 4.69) is 20.1 Å². The molecule has 2 saturated carbocycles. The standard InChI is InChI=1S/C23H30N6O3.C8H15N/c1-23(2)13-29(15-7-5-6-8-15)20-17(28(3)21(23)31)12-25-22(27-20)26-16-10-9-14(19(24)30)11-18(16)32-4;1-2-6-9(5-1)7-8-3-4-8/h9-12,15H,5-8,13H2,1-4H3,(H2,24,30)(H,25,26,27);8H,1-7H2. The van der Waals surface area contributed by atoms with Gasteiger partial charge in [0.05, 0.1) is 24.4 Å². The summed E-state index contributed by atoms with van der Waals surface area (Å²) in [6, 6.07) is 5.26. The highest BCUT2D eigenvalue weighted by molar-refractivity contribution is 6.01. The third-order valence-corrected chi connectivity index (χ3v) is 8.74. The van der Waals surface area contributed by atoms with Gasteiger partial charge in [-0.25, -0.2) is 4.98 Å². The van der Waals surface area contributed by atoms with Crippen LogP contribution >= 0.6 is 0 Å². The summed E-state index contributed by atoms with van der Waals surface area (Å²) in [5, 5.41) is 3.19. The normalized spacial score (nSPS) is 20.7. The molecule has 2 amide bonds. The SMILES string of the molecule is C1CCN(CC2CC2)C1.COc1cc(C(N)=O)ccc1Nc1ncc2c(n1)N(C1CCCC1)CC(C)(C)C(=O)N2C. The monoisotopic (exact) mass is 563 g/mol. The number of hydrogen-bond donors (Lipinski definition) is 2. The van der Waals surface area contributed by atoms with Gasteiger partial charge < -0.3 is 30.5 Å². The van der Waals surface area contributed by atoms with Gasteiger partial charge in [-0.05, 0) is 89.6 Å². The number of benzene rings is 1. The molecule has 0 bridgehead atoms. The summed E-state index contributed by atoms with van der Waals surface area (Å²) in [5.41, 5.74) is 6.50. The van der Waals surface area contributed by atoms with Crippen molar-refractivity contribution in [1.29, 1.82) is 0 Å². The van der Waals surface area contributed by atoms with E-state index in [9.17, 15) is 9.59 Å². The minimum Gasteiger partial charge on any atom is -0.495 e. The number of ether oxygens (including phenoxy) is 1. The minimum absolute atomic E-state index is 0.0484. The number of hydrogen-bond acceptors (Lipinski definition) is 8. The maximum Gasteiger partial charge on any atom is 0.248 e. The predicted molar refractivity (Wildman–Crippen MR) is 162 cm³/mol. The van der Waals surface area contributed by atoms with Gasteiger partial charge in [0.1, 0.15) is 11.4 Å². The minimum atomic E-state index is -0.542. The Hall–Kier alpha value is -3.40. The molecule has 6 rings (SSSR count). The quantitative estimate of drug-likeness (QED) is 0.503. The van der Waals surface area contributed by atoms with Crippen LogP contribution in [0.3, 0.4) is 0 Å². The number of aromatic nitrogens is 2. The van der Waals surface area contributed by atoms with Gasteiger partial charge in [0.15, 0.2) is 5.82 Å². The average Bonchev–Trinajstić information content (AvgIpc) is 3.37. The maximum atomic E-state index is 13.1. The second kappa shape index (κ2) is 12.2. The van der Waals surface area contributed by atoms with Gasteiger partial charge in [-0.3, -0.25) is 9.59 Å². The van der Waals surface area contributed by atoms with Gasteiger partial charge in [-0.15, -0.1) is 0 Å². The highest BCUT2D eigenvalue weighted by Gasteiger charge is 2.41. The lowest BCUT2D eigenvalue weighted by molar-refractivity contribution is -0.125. The molecule has 3 fully saturated rings. The van der Waals surface area contributed by atoms with E-state index in [1.54, 1.807) is 36.3 Å². The summed E-state index contributed by atoms with van der Waals surface area (Å²) in [5.74, 6) is 2.22. The van der Waals surface area contributed by atoms with Crippen molar-refractivity contribution in [2.75, 3.05) is 55.5 Å². The molecule has 2 aromatic rings. The number of carbonyl (C=O) groups excluding carboxylic acids is 2. The molecule has 0 atom stereocenters. The van der Waals surface area contributed by atoms with Crippen LogP contribution in [0.25, 0.3) is 0 Å². The molecule has 1 aromatic carbocycles. The highest BCUT2D eigenvalue weighted by Crippen LogP contribution is 2.40. The van der Waals surface area contributed by atoms with Crippen LogP contribution in [0, 0.1) is 11.3 Å². The molecule has 0 spiro atoms. The largest absolute Gasteiger partial charge is 0.495 e. The summed E-state index contributed by atoms with van der Waals surface area (Å²) >= 11 is 0. The van der Waals surface area contributed by atoms with Gasteiger partial charge >= 0.3 is 0 Å². The molecule has 1 aromatic heterocycles. The van der Waals surface area contributed by atoms with Crippen molar-refractivity contribution in [3.05, 3.63) is 30.0 Å². The molecule has 4 aliphatic rings. The molecular formula is C31H45N7O3. The van der Waals surface area contributed by atoms with E-state index < -0.39 is 11.3 Å². The lowest BCUT2D eigenvalue weighted by atomic mass is 9.91. The number of amides is 2. The van der Waals surface area contributed by atoms with E-state index in [1.165, 1.54) is 65.3 Å². The van der Waals surface area contributed by atoms with E-state index in [0.717, 1.165) is 24.6 Å². The number of methoxy groups -OCH3 is 1. The van der Waals surface area contributed by atoms with Crippen molar-refractivity contribution in [3.63, 3.8) is 0 Å². The molecule has 2 aliphatic heterocycles. The van der Waals surface area contributed by atoms with Crippen LogP contribution in [0.1, 0.15) is 75.6 Å². The van der Waals surface area contributed by atoms with Crippen molar-refractivity contribution < 1.29 is 14.3 Å². The number of likely N-dealkylation sites (tertiary alicyclic amines) is 1. The van der Waals surface area contributed by atoms with Crippen LogP contribution in [0.15, 0.2) is 24.4 Å². The Morgan fingerprint density at radius 1 is 1.12 bits per heavy atom. The smallest absolute Gasteiger partial charge is 0.248 e. The average molecular weight is 564 g/mol. The molecule has 10 heteroatoms. The first-order chi connectivity index (χ1) is 19.7. The van der Waals surface area contributed by atoms with Crippen LogP contribution in [-0.4, -0.2) is 73.1 Å². The fourth-order valence-electron chi connectivity index (χ4n) is 6.22. The summed E-state index contributed by atoms with van der Waals surface area (Å²) in [6.45, 7) is 8.75. The van der Waals surface area contributed by atoms with E-state index in [1.807, 2.05) is 13.8 Å². The number of nitrogens with one attached hydrogen (secondary N) is 1. The van der Waals surface area contributed by atoms with Gasteiger partial charge in [0.25, 0.3) is 0 Å². The third kappa shape index (κ3) is 6.74. The Labute approximate surface area is 243 Å². The molecule has 0 unspecified atom stereocenters. The second-order valence-electron chi connectivity index (χ2n) is 12.6. The molecule has 10 nitrogen and oxygen atoms in total. The topological polar surface area (TPSA) is 117 Å². The van der Waals surface area contributed by atoms with Gasteiger partial charge in [-0.2, -0.15) is 4.98 Å².